The molecule has 12 heteroatoms. The van der Waals surface area contributed by atoms with Gasteiger partial charge < -0.3 is 9.74 Å². The molecule has 1 saturated heterocycles. The zero-order valence-electron chi connectivity index (χ0n) is 18.1. The van der Waals surface area contributed by atoms with Crippen LogP contribution in [0.15, 0.2) is 35.6 Å². The number of alkyl halides is 2. The number of rotatable bonds is 5. The number of hydrogen-bond acceptors (Lipinski definition) is 6. The lowest BCUT2D eigenvalue weighted by Crippen LogP contribution is -2.47. The molecule has 1 N–H and O–H groups in total. The van der Waals surface area contributed by atoms with Gasteiger partial charge in [-0.2, -0.15) is 0 Å². The van der Waals surface area contributed by atoms with Crippen molar-refractivity contribution >= 4 is 15.9 Å². The Kier molecular flexibility index (Phi) is 5.55. The Morgan fingerprint density at radius 1 is 1.21 bits per heavy atom. The molecule has 0 spiro atoms. The molecule has 0 amide bonds. The lowest BCUT2D eigenvalue weighted by atomic mass is 9.97. The summed E-state index contributed by atoms with van der Waals surface area (Å²) in [5.74, 6) is -4.64. The van der Waals surface area contributed by atoms with Crippen molar-refractivity contribution in [2.75, 3.05) is 13.1 Å². The van der Waals surface area contributed by atoms with Gasteiger partial charge in [-0.15, -0.1) is 0 Å². The number of aromatic nitrogens is 1. The van der Waals surface area contributed by atoms with Crippen LogP contribution in [0.4, 0.5) is 17.6 Å². The van der Waals surface area contributed by atoms with Crippen LogP contribution in [0.2, 0.25) is 0 Å². The Hall–Kier alpha value is -2.73. The van der Waals surface area contributed by atoms with Crippen molar-refractivity contribution in [2.24, 2.45) is 5.16 Å². The van der Waals surface area contributed by atoms with Gasteiger partial charge in [0.25, 0.3) is 5.92 Å². The summed E-state index contributed by atoms with van der Waals surface area (Å²) in [6, 6.07) is 3.53. The maximum atomic E-state index is 14.6. The second-order valence-electron chi connectivity index (χ2n) is 8.90. The van der Waals surface area contributed by atoms with Crippen LogP contribution >= 0.6 is 0 Å². The third-order valence-electron chi connectivity index (χ3n) is 6.19. The molecule has 1 aliphatic carbocycles. The molecule has 2 aliphatic heterocycles. The number of hydrogen-bond donors (Lipinski definition) is 1. The largest absolute Gasteiger partial charge is 0.384 e. The maximum absolute atomic E-state index is 14.6. The van der Waals surface area contributed by atoms with Crippen molar-refractivity contribution in [3.8, 4) is 11.1 Å². The third-order valence-corrected chi connectivity index (χ3v) is 8.16. The average Bonchev–Trinajstić information content (AvgIpc) is 3.44. The van der Waals surface area contributed by atoms with E-state index >= 15 is 0 Å². The van der Waals surface area contributed by atoms with Crippen LogP contribution < -0.4 is 4.72 Å². The predicted molar refractivity (Wildman–Crippen MR) is 116 cm³/mol. The number of likely N-dealkylation sites (tertiary alicyclic amines) is 1. The van der Waals surface area contributed by atoms with Gasteiger partial charge in [0.05, 0.1) is 29.5 Å². The summed E-state index contributed by atoms with van der Waals surface area (Å²) in [5, 5.41) is 3.31. The Morgan fingerprint density at radius 2 is 1.91 bits per heavy atom. The third kappa shape index (κ3) is 4.24. The second kappa shape index (κ2) is 8.19. The molecule has 182 valence electrons. The minimum absolute atomic E-state index is 0.0390. The number of oxime groups is 1. The Labute approximate surface area is 193 Å². The molecule has 2 aromatic rings. The van der Waals surface area contributed by atoms with E-state index in [0.717, 1.165) is 12.1 Å². The van der Waals surface area contributed by atoms with Gasteiger partial charge in [0, 0.05) is 18.3 Å². The lowest BCUT2D eigenvalue weighted by molar-refractivity contribution is -0.00129. The first-order chi connectivity index (χ1) is 16.0. The molecule has 2 atom stereocenters. The molecule has 0 radical (unpaired) electrons. The standard InChI is InChI=1S/C22H22F4N4O3S/c1-12-7-14(20-15(23)3-2-4-16(20)24)21(27-9-12)17-8-19(28-33-17)30-10-18(22(25,26)11-30)29-34(31,32)13-5-6-13/h2-4,7,9,13,17-18,29H,5-6,8,10-11H2,1H3/t17-,18+/m0/s1. The van der Waals surface area contributed by atoms with Crippen LogP contribution in [0.5, 0.6) is 0 Å². The van der Waals surface area contributed by atoms with E-state index in [0.29, 0.717) is 18.4 Å². The highest BCUT2D eigenvalue weighted by atomic mass is 32.2. The average molecular weight is 499 g/mol. The van der Waals surface area contributed by atoms with Gasteiger partial charge in [0.2, 0.25) is 10.0 Å². The number of benzene rings is 1. The molecule has 1 aromatic carbocycles. The van der Waals surface area contributed by atoms with Crippen LogP contribution in [-0.2, 0) is 14.9 Å². The number of amidine groups is 1. The van der Waals surface area contributed by atoms with Crippen molar-refractivity contribution in [3.63, 3.8) is 0 Å². The molecular weight excluding hydrogens is 476 g/mol. The predicted octanol–water partition coefficient (Wildman–Crippen LogP) is 3.51. The van der Waals surface area contributed by atoms with Crippen LogP contribution in [0.3, 0.4) is 0 Å². The number of aryl methyl sites for hydroxylation is 1. The smallest absolute Gasteiger partial charge is 0.282 e. The molecule has 5 rings (SSSR count). The van der Waals surface area contributed by atoms with Gasteiger partial charge in [-0.05, 0) is 43.5 Å². The number of pyridine rings is 1. The fourth-order valence-electron chi connectivity index (χ4n) is 4.27. The van der Waals surface area contributed by atoms with Gasteiger partial charge in [-0.1, -0.05) is 11.2 Å². The first-order valence-corrected chi connectivity index (χ1v) is 12.4. The topological polar surface area (TPSA) is 83.9 Å². The summed E-state index contributed by atoms with van der Waals surface area (Å²) >= 11 is 0. The number of nitrogens with zero attached hydrogens (tertiary/aromatic N) is 3. The summed E-state index contributed by atoms with van der Waals surface area (Å²) in [7, 11) is -3.80. The SMILES string of the molecule is Cc1cnc([C@@H]2CC(N3C[C@@H](NS(=O)(=O)C4CC4)C(F)(F)C3)=NO2)c(-c2c(F)cccc2F)c1. The normalized spacial score (nSPS) is 24.3. The van der Waals surface area contributed by atoms with Crippen LogP contribution in [0.1, 0.15) is 36.6 Å². The van der Waals surface area contributed by atoms with Crippen molar-refractivity contribution < 1.29 is 30.8 Å². The second-order valence-corrected chi connectivity index (χ2v) is 10.9. The molecule has 1 aromatic heterocycles. The number of nitrogens with one attached hydrogen (secondary N) is 1. The maximum Gasteiger partial charge on any atom is 0.282 e. The minimum Gasteiger partial charge on any atom is -0.384 e. The van der Waals surface area contributed by atoms with Crippen molar-refractivity contribution in [1.29, 1.82) is 0 Å². The fraction of sp³-hybridized carbons (Fsp3) is 0.455. The molecule has 0 unspecified atom stereocenters. The highest BCUT2D eigenvalue weighted by Crippen LogP contribution is 2.39. The number of sulfonamides is 1. The van der Waals surface area contributed by atoms with Gasteiger partial charge in [0.1, 0.15) is 23.5 Å². The van der Waals surface area contributed by atoms with Crippen LogP contribution in [0, 0.1) is 18.6 Å². The Balaban J connectivity index is 1.36. The van der Waals surface area contributed by atoms with Crippen molar-refractivity contribution in [3.05, 3.63) is 53.4 Å². The summed E-state index contributed by atoms with van der Waals surface area (Å²) in [4.78, 5) is 11.0. The molecule has 1 saturated carbocycles. The van der Waals surface area contributed by atoms with E-state index in [2.05, 4.69) is 14.9 Å². The Bertz CT molecular complexity index is 1250. The van der Waals surface area contributed by atoms with E-state index in [1.54, 1.807) is 13.0 Å². The van der Waals surface area contributed by atoms with E-state index in [4.69, 9.17) is 4.84 Å². The summed E-state index contributed by atoms with van der Waals surface area (Å²) < 4.78 is 84.7. The summed E-state index contributed by atoms with van der Waals surface area (Å²) in [6.45, 7) is 0.728. The van der Waals surface area contributed by atoms with E-state index in [-0.39, 0.29) is 35.6 Å². The van der Waals surface area contributed by atoms with Crippen molar-refractivity contribution in [2.45, 2.75) is 49.5 Å². The first-order valence-electron chi connectivity index (χ1n) is 10.8. The quantitative estimate of drug-likeness (QED) is 0.638. The molecule has 34 heavy (non-hydrogen) atoms. The molecule has 3 aliphatic rings. The zero-order chi connectivity index (χ0) is 24.3. The lowest BCUT2D eigenvalue weighted by Gasteiger charge is -2.18. The van der Waals surface area contributed by atoms with E-state index in [1.807, 2.05) is 0 Å². The van der Waals surface area contributed by atoms with Crippen LogP contribution in [0.25, 0.3) is 11.1 Å². The molecular formula is C22H22F4N4O3S. The Morgan fingerprint density at radius 3 is 2.59 bits per heavy atom. The first kappa shape index (κ1) is 23.0. The van der Waals surface area contributed by atoms with Crippen molar-refractivity contribution in [1.82, 2.24) is 14.6 Å². The summed E-state index contributed by atoms with van der Waals surface area (Å²) in [5.41, 5.74) is 0.836. The van der Waals surface area contributed by atoms with Gasteiger partial charge in [0.15, 0.2) is 6.10 Å². The fourth-order valence-corrected chi connectivity index (χ4v) is 5.86. The minimum atomic E-state index is -3.80. The molecule has 7 nitrogen and oxygen atoms in total. The van der Waals surface area contributed by atoms with E-state index < -0.39 is 51.5 Å². The van der Waals surface area contributed by atoms with Gasteiger partial charge in [-0.25, -0.2) is 30.7 Å². The van der Waals surface area contributed by atoms with E-state index in [1.165, 1.54) is 17.2 Å². The molecule has 0 bridgehead atoms. The molecule has 3 heterocycles. The monoisotopic (exact) mass is 498 g/mol. The van der Waals surface area contributed by atoms with Gasteiger partial charge in [-0.3, -0.25) is 4.98 Å². The van der Waals surface area contributed by atoms with E-state index in [9.17, 15) is 26.0 Å². The molecule has 2 fully saturated rings. The summed E-state index contributed by atoms with van der Waals surface area (Å²) in [6.07, 6.45) is 1.64. The van der Waals surface area contributed by atoms with Crippen LogP contribution in [-0.4, -0.2) is 54.4 Å². The number of halogens is 4. The highest BCUT2D eigenvalue weighted by Gasteiger charge is 2.53. The van der Waals surface area contributed by atoms with Gasteiger partial charge >= 0.3 is 0 Å². The highest BCUT2D eigenvalue weighted by molar-refractivity contribution is 7.90. The zero-order valence-corrected chi connectivity index (χ0v) is 19.0.